The van der Waals surface area contributed by atoms with Gasteiger partial charge in [0.1, 0.15) is 0 Å². The second-order valence-corrected chi connectivity index (χ2v) is 4.27. The monoisotopic (exact) mass is 203 g/mol. The summed E-state index contributed by atoms with van der Waals surface area (Å²) >= 11 is 0. The molecule has 0 aliphatic heterocycles. The van der Waals surface area contributed by atoms with Crippen LogP contribution in [0, 0.1) is 6.92 Å². The van der Waals surface area contributed by atoms with Gasteiger partial charge in [-0.05, 0) is 38.7 Å². The number of hydrogen-bond donors (Lipinski definition) is 2. The quantitative estimate of drug-likeness (QED) is 0.734. The highest BCUT2D eigenvalue weighted by molar-refractivity contribution is 5.87. The van der Waals surface area contributed by atoms with Gasteiger partial charge in [-0.25, -0.2) is 0 Å². The van der Waals surface area contributed by atoms with Crippen LogP contribution >= 0.6 is 0 Å². The van der Waals surface area contributed by atoms with Crippen molar-refractivity contribution < 1.29 is 0 Å². The Morgan fingerprint density at radius 2 is 2.07 bits per heavy atom. The highest BCUT2D eigenvalue weighted by atomic mass is 15.1. The van der Waals surface area contributed by atoms with Crippen LogP contribution in [0.15, 0.2) is 18.2 Å². The first-order chi connectivity index (χ1) is 7.08. The highest BCUT2D eigenvalue weighted by Crippen LogP contribution is 2.24. The number of aromatic nitrogens is 1. The third kappa shape index (κ3) is 1.83. The SMILES string of the molecule is Cc1[nH]c2cc(N)ccc2c1CN(C)C. The van der Waals surface area contributed by atoms with E-state index in [1.54, 1.807) is 0 Å². The van der Waals surface area contributed by atoms with Crippen molar-refractivity contribution in [3.8, 4) is 0 Å². The van der Waals surface area contributed by atoms with Crippen molar-refractivity contribution in [2.24, 2.45) is 0 Å². The number of hydrogen-bond acceptors (Lipinski definition) is 2. The molecule has 3 heteroatoms. The summed E-state index contributed by atoms with van der Waals surface area (Å²) in [6.07, 6.45) is 0. The molecule has 0 atom stereocenters. The fourth-order valence-corrected chi connectivity index (χ4v) is 1.93. The van der Waals surface area contributed by atoms with Crippen molar-refractivity contribution in [1.29, 1.82) is 0 Å². The summed E-state index contributed by atoms with van der Waals surface area (Å²) in [7, 11) is 4.16. The average Bonchev–Trinajstić information content (AvgIpc) is 2.41. The minimum absolute atomic E-state index is 0.806. The summed E-state index contributed by atoms with van der Waals surface area (Å²) in [4.78, 5) is 5.54. The second-order valence-electron chi connectivity index (χ2n) is 4.27. The molecular formula is C12H17N3. The number of aryl methyl sites for hydroxylation is 1. The number of rotatable bonds is 2. The molecule has 3 nitrogen and oxygen atoms in total. The maximum Gasteiger partial charge on any atom is 0.0480 e. The predicted octanol–water partition coefficient (Wildman–Crippen LogP) is 2.12. The largest absolute Gasteiger partial charge is 0.399 e. The molecule has 0 fully saturated rings. The molecule has 0 radical (unpaired) electrons. The standard InChI is InChI=1S/C12H17N3/c1-8-11(7-15(2)3)10-5-4-9(13)6-12(10)14-8/h4-6,14H,7,13H2,1-3H3. The van der Waals surface area contributed by atoms with E-state index in [0.29, 0.717) is 0 Å². The number of nitrogen functional groups attached to an aromatic ring is 1. The van der Waals surface area contributed by atoms with E-state index in [1.165, 1.54) is 16.6 Å². The minimum Gasteiger partial charge on any atom is -0.399 e. The van der Waals surface area contributed by atoms with E-state index in [-0.39, 0.29) is 0 Å². The van der Waals surface area contributed by atoms with Gasteiger partial charge in [0.15, 0.2) is 0 Å². The predicted molar refractivity (Wildman–Crippen MR) is 64.8 cm³/mol. The summed E-state index contributed by atoms with van der Waals surface area (Å²) in [5.74, 6) is 0. The van der Waals surface area contributed by atoms with E-state index in [0.717, 1.165) is 17.7 Å². The zero-order valence-corrected chi connectivity index (χ0v) is 9.46. The van der Waals surface area contributed by atoms with Gasteiger partial charge in [0.2, 0.25) is 0 Å². The van der Waals surface area contributed by atoms with Crippen molar-refractivity contribution in [3.63, 3.8) is 0 Å². The average molecular weight is 203 g/mol. The Bertz CT molecular complexity index is 483. The fraction of sp³-hybridized carbons (Fsp3) is 0.333. The first-order valence-corrected chi connectivity index (χ1v) is 5.09. The van der Waals surface area contributed by atoms with Gasteiger partial charge in [0, 0.05) is 28.8 Å². The molecule has 0 saturated heterocycles. The first-order valence-electron chi connectivity index (χ1n) is 5.09. The van der Waals surface area contributed by atoms with E-state index in [1.807, 2.05) is 12.1 Å². The lowest BCUT2D eigenvalue weighted by atomic mass is 10.1. The number of aromatic amines is 1. The number of nitrogens with zero attached hydrogens (tertiary/aromatic N) is 1. The zero-order chi connectivity index (χ0) is 11.0. The zero-order valence-electron chi connectivity index (χ0n) is 9.46. The molecule has 2 aromatic rings. The molecule has 80 valence electrons. The van der Waals surface area contributed by atoms with Crippen LogP contribution in [0.4, 0.5) is 5.69 Å². The number of benzene rings is 1. The summed E-state index contributed by atoms with van der Waals surface area (Å²) < 4.78 is 0. The lowest BCUT2D eigenvalue weighted by Crippen LogP contribution is -2.11. The fourth-order valence-electron chi connectivity index (χ4n) is 1.93. The molecule has 0 saturated carbocycles. The van der Waals surface area contributed by atoms with Gasteiger partial charge in [-0.2, -0.15) is 0 Å². The minimum atomic E-state index is 0.806. The summed E-state index contributed by atoms with van der Waals surface area (Å²) in [6, 6.07) is 6.03. The van der Waals surface area contributed by atoms with Gasteiger partial charge in [0.05, 0.1) is 0 Å². The number of anilines is 1. The van der Waals surface area contributed by atoms with Crippen molar-refractivity contribution in [2.75, 3.05) is 19.8 Å². The van der Waals surface area contributed by atoms with E-state index < -0.39 is 0 Å². The molecule has 0 unspecified atom stereocenters. The highest BCUT2D eigenvalue weighted by Gasteiger charge is 2.08. The van der Waals surface area contributed by atoms with Crippen LogP contribution in [0.1, 0.15) is 11.3 Å². The molecule has 15 heavy (non-hydrogen) atoms. The molecule has 0 amide bonds. The maximum atomic E-state index is 5.75. The van der Waals surface area contributed by atoms with E-state index in [4.69, 9.17) is 5.73 Å². The number of nitrogens with two attached hydrogens (primary N) is 1. The number of nitrogens with one attached hydrogen (secondary N) is 1. The normalized spacial score (nSPS) is 11.5. The Morgan fingerprint density at radius 1 is 1.33 bits per heavy atom. The van der Waals surface area contributed by atoms with Crippen LogP contribution in [0.25, 0.3) is 10.9 Å². The van der Waals surface area contributed by atoms with Gasteiger partial charge in [-0.3, -0.25) is 0 Å². The van der Waals surface area contributed by atoms with Gasteiger partial charge < -0.3 is 15.6 Å². The van der Waals surface area contributed by atoms with Crippen molar-refractivity contribution in [3.05, 3.63) is 29.5 Å². The Kier molecular flexibility index (Phi) is 2.40. The maximum absolute atomic E-state index is 5.75. The van der Waals surface area contributed by atoms with E-state index >= 15 is 0 Å². The summed E-state index contributed by atoms with van der Waals surface area (Å²) in [6.45, 7) is 3.06. The topological polar surface area (TPSA) is 45.1 Å². The molecular weight excluding hydrogens is 186 g/mol. The third-order valence-electron chi connectivity index (χ3n) is 2.62. The lowest BCUT2D eigenvalue weighted by molar-refractivity contribution is 0.403. The molecule has 2 rings (SSSR count). The van der Waals surface area contributed by atoms with Crippen molar-refractivity contribution in [1.82, 2.24) is 9.88 Å². The smallest absolute Gasteiger partial charge is 0.0480 e. The van der Waals surface area contributed by atoms with Gasteiger partial charge >= 0.3 is 0 Å². The van der Waals surface area contributed by atoms with E-state index in [2.05, 4.69) is 37.0 Å². The molecule has 0 aliphatic carbocycles. The molecule has 0 bridgehead atoms. The van der Waals surface area contributed by atoms with Gasteiger partial charge in [-0.1, -0.05) is 6.07 Å². The second kappa shape index (κ2) is 3.59. The summed E-state index contributed by atoms with van der Waals surface area (Å²) in [5.41, 5.74) is 10.3. The van der Waals surface area contributed by atoms with Crippen LogP contribution in [-0.4, -0.2) is 24.0 Å². The molecule has 1 aromatic carbocycles. The number of fused-ring (bicyclic) bond motifs is 1. The third-order valence-corrected chi connectivity index (χ3v) is 2.62. The Hall–Kier alpha value is -1.48. The Balaban J connectivity index is 2.58. The van der Waals surface area contributed by atoms with Crippen LogP contribution < -0.4 is 5.73 Å². The molecule has 3 N–H and O–H groups in total. The molecule has 1 heterocycles. The van der Waals surface area contributed by atoms with Crippen LogP contribution in [0.3, 0.4) is 0 Å². The van der Waals surface area contributed by atoms with Crippen LogP contribution in [0.2, 0.25) is 0 Å². The Morgan fingerprint density at radius 3 is 2.73 bits per heavy atom. The lowest BCUT2D eigenvalue weighted by Gasteiger charge is -2.09. The first kappa shape index (κ1) is 10.1. The van der Waals surface area contributed by atoms with Crippen LogP contribution in [-0.2, 0) is 6.54 Å². The Labute approximate surface area is 89.9 Å². The van der Waals surface area contributed by atoms with Crippen molar-refractivity contribution >= 4 is 16.6 Å². The van der Waals surface area contributed by atoms with Gasteiger partial charge in [-0.15, -0.1) is 0 Å². The molecule has 0 spiro atoms. The van der Waals surface area contributed by atoms with E-state index in [9.17, 15) is 0 Å². The van der Waals surface area contributed by atoms with Crippen LogP contribution in [0.5, 0.6) is 0 Å². The molecule has 1 aromatic heterocycles. The summed E-state index contributed by atoms with van der Waals surface area (Å²) in [5, 5.41) is 1.27. The van der Waals surface area contributed by atoms with Crippen molar-refractivity contribution in [2.45, 2.75) is 13.5 Å². The molecule has 0 aliphatic rings. The van der Waals surface area contributed by atoms with Gasteiger partial charge in [0.25, 0.3) is 0 Å². The number of H-pyrrole nitrogens is 1.